The fourth-order valence-electron chi connectivity index (χ4n) is 4.47. The van der Waals surface area contributed by atoms with Crippen molar-refractivity contribution in [2.45, 2.75) is 32.4 Å². The second-order valence-corrected chi connectivity index (χ2v) is 7.20. The Bertz CT molecular complexity index is 785. The number of carbonyl (C=O) groups excluding carboxylic acids is 1. The van der Waals surface area contributed by atoms with E-state index in [1.54, 1.807) is 0 Å². The molecule has 2 aromatic rings. The van der Waals surface area contributed by atoms with Crippen LogP contribution in [-0.4, -0.2) is 30.4 Å². The summed E-state index contributed by atoms with van der Waals surface area (Å²) in [5.74, 6) is 0.626. The van der Waals surface area contributed by atoms with Crippen LogP contribution in [0.15, 0.2) is 48.5 Å². The molecule has 4 nitrogen and oxygen atoms in total. The van der Waals surface area contributed by atoms with E-state index in [4.69, 9.17) is 0 Å². The summed E-state index contributed by atoms with van der Waals surface area (Å²) in [5, 5.41) is 7.42. The molecule has 2 aromatic carbocycles. The number of nitrogens with one attached hydrogen (secondary N) is 2. The lowest BCUT2D eigenvalue weighted by atomic mass is 9.80. The summed E-state index contributed by atoms with van der Waals surface area (Å²) < 4.78 is 0. The van der Waals surface area contributed by atoms with Crippen LogP contribution >= 0.6 is 0 Å². The van der Waals surface area contributed by atoms with Crippen LogP contribution in [0.3, 0.4) is 0 Å². The normalized spacial score (nSPS) is 23.7. The largest absolute Gasteiger partial charge is 0.378 e. The topological polar surface area (TPSA) is 44.4 Å². The maximum atomic E-state index is 12.8. The Kier molecular flexibility index (Phi) is 4.68. The van der Waals surface area contributed by atoms with E-state index in [-0.39, 0.29) is 5.91 Å². The molecule has 1 amide bonds. The molecule has 0 bridgehead atoms. The molecule has 0 aliphatic carbocycles. The number of anilines is 1. The van der Waals surface area contributed by atoms with Gasteiger partial charge in [0.2, 0.25) is 0 Å². The number of rotatable bonds is 4. The van der Waals surface area contributed by atoms with E-state index in [1.165, 1.54) is 11.1 Å². The Balaban J connectivity index is 1.69. The van der Waals surface area contributed by atoms with Crippen LogP contribution in [0.25, 0.3) is 0 Å². The predicted molar refractivity (Wildman–Crippen MR) is 105 cm³/mol. The first-order valence-corrected chi connectivity index (χ1v) is 9.71. The summed E-state index contributed by atoms with van der Waals surface area (Å²) in [7, 11) is 0. The highest BCUT2D eigenvalue weighted by Crippen LogP contribution is 2.47. The predicted octanol–water partition coefficient (Wildman–Crippen LogP) is 3.99. The average Bonchev–Trinajstić information content (AvgIpc) is 3.18. The average molecular weight is 349 g/mol. The van der Waals surface area contributed by atoms with E-state index in [1.807, 2.05) is 24.8 Å². The first kappa shape index (κ1) is 17.1. The molecule has 1 saturated heterocycles. The molecule has 0 saturated carbocycles. The van der Waals surface area contributed by atoms with E-state index in [9.17, 15) is 4.79 Å². The summed E-state index contributed by atoms with van der Waals surface area (Å²) in [5.41, 5.74) is 4.50. The standard InChI is InChI=1S/C22H27N3O/c1-3-25(4-2)22(26)16-10-11-19-18(14-16)21-17(12-13-23-21)20(24-19)15-8-6-5-7-9-15/h5-11,14,17,20-21,23-24H,3-4,12-13H2,1-2H3. The Morgan fingerprint density at radius 2 is 1.85 bits per heavy atom. The van der Waals surface area contributed by atoms with Crippen molar-refractivity contribution < 1.29 is 4.79 Å². The van der Waals surface area contributed by atoms with Crippen molar-refractivity contribution in [1.82, 2.24) is 10.2 Å². The molecule has 26 heavy (non-hydrogen) atoms. The van der Waals surface area contributed by atoms with E-state index in [2.05, 4.69) is 53.1 Å². The fraction of sp³-hybridized carbons (Fsp3) is 0.409. The number of amides is 1. The molecule has 2 heterocycles. The highest BCUT2D eigenvalue weighted by molar-refractivity contribution is 5.95. The summed E-state index contributed by atoms with van der Waals surface area (Å²) in [6.45, 7) is 6.56. The number of hydrogen-bond donors (Lipinski definition) is 2. The van der Waals surface area contributed by atoms with E-state index < -0.39 is 0 Å². The number of nitrogens with zero attached hydrogens (tertiary/aromatic N) is 1. The SMILES string of the molecule is CCN(CC)C(=O)c1ccc2c(c1)C1NCCC1C(c1ccccc1)N2. The molecule has 2 aliphatic heterocycles. The zero-order valence-corrected chi connectivity index (χ0v) is 15.5. The summed E-state index contributed by atoms with van der Waals surface area (Å²) >= 11 is 0. The minimum Gasteiger partial charge on any atom is -0.378 e. The Hall–Kier alpha value is -2.33. The third kappa shape index (κ3) is 2.88. The molecule has 136 valence electrons. The van der Waals surface area contributed by atoms with Crippen molar-refractivity contribution in [2.24, 2.45) is 5.92 Å². The molecule has 3 unspecified atom stereocenters. The third-order valence-electron chi connectivity index (χ3n) is 5.85. The summed E-state index contributed by atoms with van der Waals surface area (Å²) in [6.07, 6.45) is 1.14. The first-order valence-electron chi connectivity index (χ1n) is 9.71. The molecule has 0 aromatic heterocycles. The van der Waals surface area contributed by atoms with Gasteiger partial charge < -0.3 is 15.5 Å². The number of benzene rings is 2. The minimum absolute atomic E-state index is 0.123. The van der Waals surface area contributed by atoms with Gasteiger partial charge in [-0.15, -0.1) is 0 Å². The van der Waals surface area contributed by atoms with E-state index in [0.29, 0.717) is 18.0 Å². The van der Waals surface area contributed by atoms with Gasteiger partial charge in [-0.1, -0.05) is 30.3 Å². The fourth-order valence-corrected chi connectivity index (χ4v) is 4.47. The van der Waals surface area contributed by atoms with E-state index >= 15 is 0 Å². The Morgan fingerprint density at radius 1 is 1.08 bits per heavy atom. The quantitative estimate of drug-likeness (QED) is 0.877. The molecule has 0 spiro atoms. The molecule has 3 atom stereocenters. The first-order chi connectivity index (χ1) is 12.7. The van der Waals surface area contributed by atoms with Crippen LogP contribution in [0.1, 0.15) is 53.8 Å². The highest BCUT2D eigenvalue weighted by atomic mass is 16.2. The molecular weight excluding hydrogens is 322 g/mol. The van der Waals surface area contributed by atoms with Gasteiger partial charge in [-0.05, 0) is 56.1 Å². The lowest BCUT2D eigenvalue weighted by molar-refractivity contribution is 0.0773. The van der Waals surface area contributed by atoms with Crippen LogP contribution in [0.4, 0.5) is 5.69 Å². The van der Waals surface area contributed by atoms with Gasteiger partial charge >= 0.3 is 0 Å². The van der Waals surface area contributed by atoms with Gasteiger partial charge in [0.1, 0.15) is 0 Å². The van der Waals surface area contributed by atoms with Gasteiger partial charge in [-0.2, -0.15) is 0 Å². The summed E-state index contributed by atoms with van der Waals surface area (Å²) in [4.78, 5) is 14.6. The van der Waals surface area contributed by atoms with E-state index in [0.717, 1.165) is 37.3 Å². The number of carbonyl (C=O) groups is 1. The van der Waals surface area contributed by atoms with Crippen LogP contribution in [-0.2, 0) is 0 Å². The number of fused-ring (bicyclic) bond motifs is 3. The maximum Gasteiger partial charge on any atom is 0.253 e. The monoisotopic (exact) mass is 349 g/mol. The lowest BCUT2D eigenvalue weighted by Gasteiger charge is -2.37. The molecular formula is C22H27N3O. The molecule has 4 rings (SSSR count). The highest BCUT2D eigenvalue weighted by Gasteiger charge is 2.40. The molecule has 1 fully saturated rings. The van der Waals surface area contributed by atoms with Crippen molar-refractivity contribution >= 4 is 11.6 Å². The Labute approximate surface area is 155 Å². The van der Waals surface area contributed by atoms with Gasteiger partial charge in [0.25, 0.3) is 5.91 Å². The van der Waals surface area contributed by atoms with Gasteiger partial charge in [0, 0.05) is 36.3 Å². The van der Waals surface area contributed by atoms with Crippen LogP contribution < -0.4 is 10.6 Å². The number of hydrogen-bond acceptors (Lipinski definition) is 3. The van der Waals surface area contributed by atoms with Crippen LogP contribution in [0.5, 0.6) is 0 Å². The van der Waals surface area contributed by atoms with Crippen molar-refractivity contribution in [2.75, 3.05) is 25.0 Å². The molecule has 0 radical (unpaired) electrons. The van der Waals surface area contributed by atoms with Gasteiger partial charge in [0.15, 0.2) is 0 Å². The molecule has 2 aliphatic rings. The minimum atomic E-state index is 0.123. The molecule has 2 N–H and O–H groups in total. The zero-order chi connectivity index (χ0) is 18.1. The second-order valence-electron chi connectivity index (χ2n) is 7.20. The van der Waals surface area contributed by atoms with Crippen molar-refractivity contribution in [3.8, 4) is 0 Å². The van der Waals surface area contributed by atoms with Crippen LogP contribution in [0.2, 0.25) is 0 Å². The van der Waals surface area contributed by atoms with Crippen molar-refractivity contribution in [3.63, 3.8) is 0 Å². The van der Waals surface area contributed by atoms with Crippen molar-refractivity contribution in [1.29, 1.82) is 0 Å². The van der Waals surface area contributed by atoms with Crippen LogP contribution in [0, 0.1) is 5.92 Å². The van der Waals surface area contributed by atoms with Gasteiger partial charge in [0.05, 0.1) is 6.04 Å². The lowest BCUT2D eigenvalue weighted by Crippen LogP contribution is -2.34. The zero-order valence-electron chi connectivity index (χ0n) is 15.5. The van der Waals surface area contributed by atoms with Crippen molar-refractivity contribution in [3.05, 3.63) is 65.2 Å². The second kappa shape index (κ2) is 7.12. The smallest absolute Gasteiger partial charge is 0.253 e. The maximum absolute atomic E-state index is 12.8. The molecule has 4 heteroatoms. The van der Waals surface area contributed by atoms with Gasteiger partial charge in [-0.3, -0.25) is 4.79 Å². The van der Waals surface area contributed by atoms with Gasteiger partial charge in [-0.25, -0.2) is 0 Å². The summed E-state index contributed by atoms with van der Waals surface area (Å²) in [6, 6.07) is 17.4. The Morgan fingerprint density at radius 3 is 2.58 bits per heavy atom. The third-order valence-corrected chi connectivity index (χ3v) is 5.85.